The van der Waals surface area contributed by atoms with Crippen LogP contribution in [0.4, 0.5) is 17.3 Å². The van der Waals surface area contributed by atoms with Crippen molar-refractivity contribution in [3.05, 3.63) is 48.7 Å². The van der Waals surface area contributed by atoms with Gasteiger partial charge in [-0.25, -0.2) is 0 Å². The molecule has 2 rings (SSSR count). The predicted molar refractivity (Wildman–Crippen MR) is 71.0 cm³/mol. The van der Waals surface area contributed by atoms with E-state index in [9.17, 15) is 20.2 Å². The van der Waals surface area contributed by atoms with Gasteiger partial charge in [0, 0.05) is 32.7 Å². The van der Waals surface area contributed by atoms with Crippen molar-refractivity contribution < 1.29 is 9.85 Å². The number of nitrogen functional groups attached to an aromatic ring is 1. The Balaban J connectivity index is 2.38. The second-order valence-corrected chi connectivity index (χ2v) is 4.41. The van der Waals surface area contributed by atoms with Gasteiger partial charge in [0.05, 0.1) is 11.5 Å². The minimum atomic E-state index is -0.738. The summed E-state index contributed by atoms with van der Waals surface area (Å²) in [6, 6.07) is 4.32. The Morgan fingerprint density at radius 2 is 2.00 bits per heavy atom. The molecular weight excluding hydrogens is 336 g/mol. The molecule has 11 heteroatoms. The van der Waals surface area contributed by atoms with Gasteiger partial charge < -0.3 is 15.8 Å². The van der Waals surface area contributed by atoms with Crippen LogP contribution in [0.3, 0.4) is 0 Å². The molecule has 0 atom stereocenters. The van der Waals surface area contributed by atoms with Crippen LogP contribution in [0.5, 0.6) is 0 Å². The first kappa shape index (κ1) is 13.9. The number of benzene rings is 1. The van der Waals surface area contributed by atoms with Crippen LogP contribution in [0, 0.1) is 20.2 Å². The summed E-state index contributed by atoms with van der Waals surface area (Å²) in [6.45, 7) is 0.0228. The zero-order chi connectivity index (χ0) is 14.9. The van der Waals surface area contributed by atoms with Gasteiger partial charge in [-0.3, -0.25) is 10.1 Å². The van der Waals surface area contributed by atoms with Crippen LogP contribution in [0.25, 0.3) is 0 Å². The topological polar surface area (TPSA) is 143 Å². The molecule has 0 bridgehead atoms. The Morgan fingerprint density at radius 1 is 1.30 bits per heavy atom. The lowest BCUT2D eigenvalue weighted by Crippen LogP contribution is -2.07. The fraction of sp³-hybridized carbons (Fsp3) is 0.111. The van der Waals surface area contributed by atoms with Crippen molar-refractivity contribution in [3.8, 4) is 0 Å². The average molecular weight is 343 g/mol. The molecule has 1 aromatic carbocycles. The monoisotopic (exact) mass is 342 g/mol. The summed E-state index contributed by atoms with van der Waals surface area (Å²) in [7, 11) is 0. The molecule has 2 aromatic rings. The summed E-state index contributed by atoms with van der Waals surface area (Å²) in [5.74, 6) is -0.569. The van der Waals surface area contributed by atoms with Gasteiger partial charge in [-0.2, -0.15) is 4.68 Å². The van der Waals surface area contributed by atoms with E-state index >= 15 is 0 Å². The minimum absolute atomic E-state index is 0.0115. The lowest BCUT2D eigenvalue weighted by atomic mass is 10.1. The van der Waals surface area contributed by atoms with E-state index in [2.05, 4.69) is 26.0 Å². The van der Waals surface area contributed by atoms with E-state index in [0.29, 0.717) is 5.56 Å². The summed E-state index contributed by atoms with van der Waals surface area (Å²) >= 11 is 3.03. The van der Waals surface area contributed by atoms with Gasteiger partial charge in [-0.15, -0.1) is 0 Å². The third-order valence-electron chi connectivity index (χ3n) is 2.47. The Kier molecular flexibility index (Phi) is 3.61. The van der Waals surface area contributed by atoms with Crippen molar-refractivity contribution in [2.75, 3.05) is 5.73 Å². The molecule has 0 spiro atoms. The summed E-state index contributed by atoms with van der Waals surface area (Å²) < 4.78 is 1.32. The van der Waals surface area contributed by atoms with Gasteiger partial charge in [0.25, 0.3) is 10.4 Å². The maximum absolute atomic E-state index is 10.8. The summed E-state index contributed by atoms with van der Waals surface area (Å²) in [5.41, 5.74) is 5.87. The fourth-order valence-electron chi connectivity index (χ4n) is 1.55. The smallest absolute Gasteiger partial charge is 0.393 e. The largest absolute Gasteiger partial charge is 0.492 e. The predicted octanol–water partition coefficient (Wildman–Crippen LogP) is 1.49. The molecule has 0 radical (unpaired) electrons. The number of nitrogens with two attached hydrogens (primary N) is 1. The number of halogens is 1. The SMILES string of the molecule is Nc1c(Cn2nc([N+](=O)[O-])nc2Br)cccc1[N+](=O)[O-]. The Morgan fingerprint density at radius 3 is 2.55 bits per heavy atom. The molecule has 0 amide bonds. The van der Waals surface area contributed by atoms with Crippen molar-refractivity contribution in [2.24, 2.45) is 0 Å². The normalized spacial score (nSPS) is 10.4. The first-order valence-electron chi connectivity index (χ1n) is 5.16. The first-order valence-corrected chi connectivity index (χ1v) is 5.96. The first-order chi connectivity index (χ1) is 9.40. The molecule has 20 heavy (non-hydrogen) atoms. The van der Waals surface area contributed by atoms with Gasteiger partial charge in [-0.05, 0) is 9.91 Å². The Bertz CT molecular complexity index is 700. The van der Waals surface area contributed by atoms with E-state index in [4.69, 9.17) is 5.73 Å². The van der Waals surface area contributed by atoms with Crippen LogP contribution >= 0.6 is 15.9 Å². The van der Waals surface area contributed by atoms with Crippen molar-refractivity contribution >= 4 is 33.3 Å². The van der Waals surface area contributed by atoms with E-state index in [0.717, 1.165) is 0 Å². The van der Waals surface area contributed by atoms with Crippen molar-refractivity contribution in [3.63, 3.8) is 0 Å². The average Bonchev–Trinajstić information content (AvgIpc) is 2.73. The standard InChI is InChI=1S/C9H7BrN6O4/c10-8-12-9(16(19)20)13-14(8)4-5-2-1-3-6(7(5)11)15(17)18/h1-3H,4,11H2. The highest BCUT2D eigenvalue weighted by Crippen LogP contribution is 2.26. The number of aromatic nitrogens is 3. The molecular formula is C9H7BrN6O4. The Hall–Kier alpha value is -2.56. The highest BCUT2D eigenvalue weighted by Gasteiger charge is 2.21. The summed E-state index contributed by atoms with van der Waals surface area (Å²) in [4.78, 5) is 23.6. The van der Waals surface area contributed by atoms with E-state index in [1.807, 2.05) is 0 Å². The van der Waals surface area contributed by atoms with Crippen LogP contribution in [0.1, 0.15) is 5.56 Å². The van der Waals surface area contributed by atoms with Crippen molar-refractivity contribution in [1.29, 1.82) is 0 Å². The highest BCUT2D eigenvalue weighted by atomic mass is 79.9. The lowest BCUT2D eigenvalue weighted by molar-refractivity contribution is -0.394. The number of nitro benzene ring substituents is 1. The maximum atomic E-state index is 10.8. The molecule has 0 aliphatic carbocycles. The molecule has 104 valence electrons. The van der Waals surface area contributed by atoms with Gasteiger partial charge in [0.15, 0.2) is 0 Å². The number of hydrogen-bond donors (Lipinski definition) is 1. The van der Waals surface area contributed by atoms with E-state index in [1.165, 1.54) is 16.8 Å². The summed E-state index contributed by atoms with van der Waals surface area (Å²) in [6.07, 6.45) is 0. The fourth-order valence-corrected chi connectivity index (χ4v) is 1.91. The molecule has 0 saturated carbocycles. The zero-order valence-corrected chi connectivity index (χ0v) is 11.3. The third kappa shape index (κ3) is 2.56. The van der Waals surface area contributed by atoms with Gasteiger partial charge in [-0.1, -0.05) is 12.1 Å². The third-order valence-corrected chi connectivity index (χ3v) is 3.06. The molecule has 0 aliphatic rings. The second-order valence-electron chi connectivity index (χ2n) is 3.70. The second kappa shape index (κ2) is 5.21. The van der Waals surface area contributed by atoms with E-state index in [1.54, 1.807) is 6.07 Å². The molecule has 0 fully saturated rings. The van der Waals surface area contributed by atoms with Crippen LogP contribution in [0.2, 0.25) is 0 Å². The van der Waals surface area contributed by atoms with Gasteiger partial charge >= 0.3 is 5.95 Å². The minimum Gasteiger partial charge on any atom is -0.393 e. The molecule has 1 aromatic heterocycles. The van der Waals surface area contributed by atoms with Crippen molar-refractivity contribution in [1.82, 2.24) is 14.8 Å². The molecule has 2 N–H and O–H groups in total. The van der Waals surface area contributed by atoms with Crippen LogP contribution in [-0.4, -0.2) is 24.6 Å². The number of para-hydroxylation sites is 1. The molecule has 10 nitrogen and oxygen atoms in total. The number of hydrogen-bond acceptors (Lipinski definition) is 7. The van der Waals surface area contributed by atoms with E-state index < -0.39 is 15.8 Å². The van der Waals surface area contributed by atoms with Crippen LogP contribution in [-0.2, 0) is 6.54 Å². The van der Waals surface area contributed by atoms with Crippen LogP contribution in [0.15, 0.2) is 22.9 Å². The lowest BCUT2D eigenvalue weighted by Gasteiger charge is -2.04. The number of nitrogens with zero attached hydrogens (tertiary/aromatic N) is 5. The molecule has 0 saturated heterocycles. The molecule has 0 aliphatic heterocycles. The maximum Gasteiger partial charge on any atom is 0.492 e. The van der Waals surface area contributed by atoms with Gasteiger partial charge in [0.2, 0.25) is 0 Å². The molecule has 1 heterocycles. The molecule has 0 unspecified atom stereocenters. The highest BCUT2D eigenvalue weighted by molar-refractivity contribution is 9.10. The Labute approximate surface area is 119 Å². The summed E-state index contributed by atoms with van der Waals surface area (Å²) in [5, 5.41) is 25.0. The number of rotatable bonds is 4. The number of nitro groups is 2. The zero-order valence-electron chi connectivity index (χ0n) is 9.76. The van der Waals surface area contributed by atoms with Crippen molar-refractivity contribution in [2.45, 2.75) is 6.54 Å². The van der Waals surface area contributed by atoms with E-state index in [-0.39, 0.29) is 22.7 Å². The van der Waals surface area contributed by atoms with Crippen LogP contribution < -0.4 is 5.73 Å². The number of anilines is 1. The van der Waals surface area contributed by atoms with Gasteiger partial charge in [0.1, 0.15) is 5.69 Å². The quantitative estimate of drug-likeness (QED) is 0.503.